The minimum Gasteiger partial charge on any atom is -0.481 e. The van der Waals surface area contributed by atoms with Gasteiger partial charge in [-0.3, -0.25) is 9.59 Å². The number of halogens is 1. The summed E-state index contributed by atoms with van der Waals surface area (Å²) in [6, 6.07) is 11.1. The van der Waals surface area contributed by atoms with Gasteiger partial charge in [-0.1, -0.05) is 18.2 Å². The van der Waals surface area contributed by atoms with Crippen molar-refractivity contribution in [2.24, 2.45) is 11.8 Å². The number of nitrogens with one attached hydrogen (secondary N) is 2. The Bertz CT molecular complexity index is 1070. The first kappa shape index (κ1) is 23.7. The fourth-order valence-electron chi connectivity index (χ4n) is 4.95. The summed E-state index contributed by atoms with van der Waals surface area (Å²) in [6.45, 7) is 1.18. The molecular formula is C26H30FN3O4. The quantitative estimate of drug-likeness (QED) is 0.555. The third-order valence-corrected chi connectivity index (χ3v) is 6.84. The van der Waals surface area contributed by atoms with Crippen molar-refractivity contribution >= 4 is 29.3 Å². The van der Waals surface area contributed by atoms with E-state index in [9.17, 15) is 18.8 Å². The molecule has 7 nitrogen and oxygen atoms in total. The van der Waals surface area contributed by atoms with Gasteiger partial charge in [0.25, 0.3) is 0 Å². The average molecular weight is 468 g/mol. The third-order valence-electron chi connectivity index (χ3n) is 6.84. The number of aliphatic carboxylic acids is 1. The Balaban J connectivity index is 1.28. The number of nitrogens with zero attached hydrogens (tertiary/aromatic N) is 1. The molecule has 0 saturated heterocycles. The van der Waals surface area contributed by atoms with E-state index in [0.29, 0.717) is 37.5 Å². The number of hydrogen-bond acceptors (Lipinski definition) is 3. The lowest BCUT2D eigenvalue weighted by Gasteiger charge is -2.32. The van der Waals surface area contributed by atoms with Crippen LogP contribution < -0.4 is 10.6 Å². The molecule has 1 aliphatic heterocycles. The average Bonchev–Trinajstić information content (AvgIpc) is 2.81. The van der Waals surface area contributed by atoms with E-state index in [4.69, 9.17) is 5.11 Å². The zero-order valence-electron chi connectivity index (χ0n) is 19.1. The second kappa shape index (κ2) is 10.7. The van der Waals surface area contributed by atoms with E-state index in [-0.39, 0.29) is 23.9 Å². The van der Waals surface area contributed by atoms with Gasteiger partial charge in [-0.2, -0.15) is 0 Å². The van der Waals surface area contributed by atoms with Gasteiger partial charge in [0.1, 0.15) is 5.82 Å². The van der Waals surface area contributed by atoms with Crippen LogP contribution in [-0.2, 0) is 22.6 Å². The zero-order chi connectivity index (χ0) is 24.1. The van der Waals surface area contributed by atoms with Crippen molar-refractivity contribution in [1.82, 2.24) is 4.90 Å². The van der Waals surface area contributed by atoms with Crippen molar-refractivity contribution in [3.05, 3.63) is 59.4 Å². The molecule has 8 heteroatoms. The second-order valence-corrected chi connectivity index (χ2v) is 9.30. The molecule has 0 aromatic heterocycles. The first-order valence-electron chi connectivity index (χ1n) is 11.8. The van der Waals surface area contributed by atoms with Crippen LogP contribution in [0.2, 0.25) is 0 Å². The molecule has 1 aliphatic carbocycles. The summed E-state index contributed by atoms with van der Waals surface area (Å²) in [6.07, 6.45) is 5.05. The van der Waals surface area contributed by atoms with Crippen LogP contribution in [0.25, 0.3) is 0 Å². The van der Waals surface area contributed by atoms with Crippen molar-refractivity contribution < 1.29 is 23.9 Å². The van der Waals surface area contributed by atoms with E-state index in [1.165, 1.54) is 12.1 Å². The Morgan fingerprint density at radius 1 is 0.941 bits per heavy atom. The maximum Gasteiger partial charge on any atom is 0.323 e. The van der Waals surface area contributed by atoms with Gasteiger partial charge in [0.2, 0.25) is 5.91 Å². The molecule has 0 radical (unpaired) electrons. The fraction of sp³-hybridized carbons (Fsp3) is 0.423. The Morgan fingerprint density at radius 2 is 1.65 bits per heavy atom. The summed E-state index contributed by atoms with van der Waals surface area (Å²) in [4.78, 5) is 37.9. The topological polar surface area (TPSA) is 98.7 Å². The lowest BCUT2D eigenvalue weighted by atomic mass is 9.79. The van der Waals surface area contributed by atoms with Crippen LogP contribution in [0.1, 0.15) is 49.7 Å². The number of hydrogen-bond donors (Lipinski definition) is 3. The van der Waals surface area contributed by atoms with Crippen LogP contribution in [0.5, 0.6) is 0 Å². The van der Waals surface area contributed by atoms with Crippen LogP contribution in [0.15, 0.2) is 42.5 Å². The number of urea groups is 1. The van der Waals surface area contributed by atoms with Gasteiger partial charge in [0, 0.05) is 31.6 Å². The number of carboxylic acid groups (broad SMARTS) is 1. The molecule has 0 bridgehead atoms. The van der Waals surface area contributed by atoms with Gasteiger partial charge in [-0.15, -0.1) is 0 Å². The van der Waals surface area contributed by atoms with E-state index < -0.39 is 17.8 Å². The molecular weight excluding hydrogens is 437 g/mol. The highest BCUT2D eigenvalue weighted by atomic mass is 19.1. The lowest BCUT2D eigenvalue weighted by Crippen LogP contribution is -2.37. The predicted molar refractivity (Wildman–Crippen MR) is 127 cm³/mol. The smallest absolute Gasteiger partial charge is 0.323 e. The number of carboxylic acids is 1. The molecule has 4 rings (SSSR count). The monoisotopic (exact) mass is 467 g/mol. The van der Waals surface area contributed by atoms with Gasteiger partial charge in [0.15, 0.2) is 0 Å². The van der Waals surface area contributed by atoms with Crippen LogP contribution in [-0.4, -0.2) is 34.5 Å². The molecule has 0 atom stereocenters. The van der Waals surface area contributed by atoms with Crippen LogP contribution in [0, 0.1) is 17.7 Å². The van der Waals surface area contributed by atoms with E-state index in [2.05, 4.69) is 10.6 Å². The number of fused-ring (bicyclic) bond motifs is 1. The van der Waals surface area contributed by atoms with E-state index in [1.807, 2.05) is 17.0 Å². The minimum absolute atomic E-state index is 0.113. The number of anilines is 2. The van der Waals surface area contributed by atoms with Crippen molar-refractivity contribution in [3.8, 4) is 0 Å². The Labute approximate surface area is 198 Å². The maximum atomic E-state index is 13.7. The highest BCUT2D eigenvalue weighted by Gasteiger charge is 2.27. The highest BCUT2D eigenvalue weighted by molar-refractivity contribution is 5.99. The molecule has 0 unspecified atom stereocenters. The minimum atomic E-state index is -0.740. The summed E-state index contributed by atoms with van der Waals surface area (Å²) in [7, 11) is 0. The SMILES string of the molecule is O=C(O)C[C@H]1CC[C@@H](CC(=O)N2CCc3cc(NC(=O)Nc4ccccc4F)ccc3C2)CC1. The summed E-state index contributed by atoms with van der Waals surface area (Å²) in [5.41, 5.74) is 2.87. The molecule has 2 aromatic carbocycles. The summed E-state index contributed by atoms with van der Waals surface area (Å²) in [5, 5.41) is 14.2. The standard InChI is InChI=1S/C26H30FN3O4/c27-22-3-1-2-4-23(22)29-26(34)28-21-10-9-20-16-30(12-11-19(20)15-21)24(31)13-17-5-7-18(8-6-17)14-25(32)33/h1-4,9-10,15,17-18H,5-8,11-14,16H2,(H,32,33)(H2,28,29,34)/t17-,18+. The molecule has 2 aromatic rings. The van der Waals surface area contributed by atoms with Gasteiger partial charge in [0.05, 0.1) is 5.69 Å². The second-order valence-electron chi connectivity index (χ2n) is 9.30. The third kappa shape index (κ3) is 6.12. The first-order chi connectivity index (χ1) is 16.4. The molecule has 3 amide bonds. The summed E-state index contributed by atoms with van der Waals surface area (Å²) in [5.74, 6) is -0.517. The number of para-hydroxylation sites is 1. The van der Waals surface area contributed by atoms with Gasteiger partial charge in [-0.25, -0.2) is 9.18 Å². The molecule has 180 valence electrons. The summed E-state index contributed by atoms with van der Waals surface area (Å²) < 4.78 is 13.7. The molecule has 1 heterocycles. The highest BCUT2D eigenvalue weighted by Crippen LogP contribution is 2.33. The van der Waals surface area contributed by atoms with Crippen molar-refractivity contribution in [2.45, 2.75) is 51.5 Å². The van der Waals surface area contributed by atoms with Crippen LogP contribution in [0.4, 0.5) is 20.6 Å². The fourth-order valence-corrected chi connectivity index (χ4v) is 4.95. The number of carbonyl (C=O) groups excluding carboxylic acids is 2. The first-order valence-corrected chi connectivity index (χ1v) is 11.8. The Hall–Kier alpha value is -3.42. The molecule has 34 heavy (non-hydrogen) atoms. The zero-order valence-corrected chi connectivity index (χ0v) is 19.1. The molecule has 1 fully saturated rings. The largest absolute Gasteiger partial charge is 0.481 e. The number of benzene rings is 2. The van der Waals surface area contributed by atoms with E-state index in [1.54, 1.807) is 18.2 Å². The molecule has 3 N–H and O–H groups in total. The Kier molecular flexibility index (Phi) is 7.45. The van der Waals surface area contributed by atoms with Crippen molar-refractivity contribution in [2.75, 3.05) is 17.2 Å². The number of amides is 3. The van der Waals surface area contributed by atoms with E-state index in [0.717, 1.165) is 36.8 Å². The molecule has 0 spiro atoms. The lowest BCUT2D eigenvalue weighted by molar-refractivity contribution is -0.139. The number of rotatable bonds is 6. The van der Waals surface area contributed by atoms with Crippen molar-refractivity contribution in [1.29, 1.82) is 0 Å². The van der Waals surface area contributed by atoms with Crippen LogP contribution in [0.3, 0.4) is 0 Å². The molecule has 1 saturated carbocycles. The normalized spacial score (nSPS) is 19.7. The summed E-state index contributed by atoms with van der Waals surface area (Å²) >= 11 is 0. The number of carbonyl (C=O) groups is 3. The Morgan fingerprint density at radius 3 is 2.35 bits per heavy atom. The van der Waals surface area contributed by atoms with Gasteiger partial charge < -0.3 is 20.6 Å². The predicted octanol–water partition coefficient (Wildman–Crippen LogP) is 5.03. The maximum absolute atomic E-state index is 13.7. The van der Waals surface area contributed by atoms with Crippen LogP contribution >= 0.6 is 0 Å². The molecule has 2 aliphatic rings. The van der Waals surface area contributed by atoms with Crippen molar-refractivity contribution in [3.63, 3.8) is 0 Å². The van der Waals surface area contributed by atoms with E-state index >= 15 is 0 Å². The van der Waals surface area contributed by atoms with Gasteiger partial charge in [-0.05, 0) is 79.3 Å². The van der Waals surface area contributed by atoms with Gasteiger partial charge >= 0.3 is 12.0 Å².